The summed E-state index contributed by atoms with van der Waals surface area (Å²) in [6.07, 6.45) is 6.19. The molecule has 1 saturated heterocycles. The predicted octanol–water partition coefficient (Wildman–Crippen LogP) is 4.12. The number of likely N-dealkylation sites (tertiary alicyclic amines) is 1. The van der Waals surface area contributed by atoms with Crippen LogP contribution in [0.5, 0.6) is 0 Å². The molecule has 3 aromatic rings. The molecule has 7 heteroatoms. The standard InChI is InChI=1S/C25H29N5O2/c1-17-26-13-21(16-32-15-18-6-3-2-4-7-18)24(27-17)20-8-5-11-30(14-20)25(31)23-12-22(28-29-23)19-9-10-19/h2-4,6-7,12-13,19-20H,5,8-11,14-16H2,1H3,(H,28,29). The Bertz CT molecular complexity index is 1080. The van der Waals surface area contributed by atoms with E-state index in [1.54, 1.807) is 0 Å². The molecule has 1 aromatic carbocycles. The molecule has 1 aliphatic carbocycles. The maximum atomic E-state index is 13.1. The van der Waals surface area contributed by atoms with Crippen molar-refractivity contribution in [3.63, 3.8) is 0 Å². The first-order chi connectivity index (χ1) is 15.7. The molecule has 0 bridgehead atoms. The number of aryl methyl sites for hydroxylation is 1. The normalized spacial score (nSPS) is 18.7. The van der Waals surface area contributed by atoms with Gasteiger partial charge in [-0.1, -0.05) is 30.3 Å². The molecule has 3 heterocycles. The quantitative estimate of drug-likeness (QED) is 0.608. The fraction of sp³-hybridized carbons (Fsp3) is 0.440. The summed E-state index contributed by atoms with van der Waals surface area (Å²) in [6.45, 7) is 4.31. The van der Waals surface area contributed by atoms with Crippen molar-refractivity contribution in [3.8, 4) is 0 Å². The molecule has 1 atom stereocenters. The summed E-state index contributed by atoms with van der Waals surface area (Å²) in [4.78, 5) is 24.2. The molecule has 1 amide bonds. The van der Waals surface area contributed by atoms with Crippen LogP contribution in [0.1, 0.15) is 76.3 Å². The number of H-pyrrole nitrogens is 1. The fourth-order valence-electron chi connectivity index (χ4n) is 4.43. The summed E-state index contributed by atoms with van der Waals surface area (Å²) >= 11 is 0. The summed E-state index contributed by atoms with van der Waals surface area (Å²) in [5.74, 6) is 1.48. The zero-order chi connectivity index (χ0) is 21.9. The van der Waals surface area contributed by atoms with E-state index < -0.39 is 0 Å². The van der Waals surface area contributed by atoms with Crippen molar-refractivity contribution in [2.24, 2.45) is 0 Å². The maximum Gasteiger partial charge on any atom is 0.274 e. The van der Waals surface area contributed by atoms with Gasteiger partial charge in [0.1, 0.15) is 11.5 Å². The summed E-state index contributed by atoms with van der Waals surface area (Å²) in [6, 6.07) is 12.1. The molecule has 1 aliphatic heterocycles. The van der Waals surface area contributed by atoms with E-state index in [1.165, 1.54) is 12.8 Å². The molecule has 2 aromatic heterocycles. The van der Waals surface area contributed by atoms with Crippen molar-refractivity contribution in [2.45, 2.75) is 57.7 Å². The van der Waals surface area contributed by atoms with Crippen LogP contribution in [0.25, 0.3) is 0 Å². The van der Waals surface area contributed by atoms with Crippen molar-refractivity contribution in [2.75, 3.05) is 13.1 Å². The number of hydrogen-bond acceptors (Lipinski definition) is 5. The van der Waals surface area contributed by atoms with E-state index in [1.807, 2.05) is 42.3 Å². The fourth-order valence-corrected chi connectivity index (χ4v) is 4.43. The Morgan fingerprint density at radius 1 is 1.16 bits per heavy atom. The number of benzene rings is 1. The van der Waals surface area contributed by atoms with E-state index in [2.05, 4.69) is 27.3 Å². The number of carbonyl (C=O) groups is 1. The predicted molar refractivity (Wildman–Crippen MR) is 120 cm³/mol. The van der Waals surface area contributed by atoms with Gasteiger partial charge < -0.3 is 9.64 Å². The van der Waals surface area contributed by atoms with Crippen LogP contribution in [0.4, 0.5) is 0 Å². The number of carbonyl (C=O) groups excluding carboxylic acids is 1. The van der Waals surface area contributed by atoms with Crippen LogP contribution in [0.3, 0.4) is 0 Å². The van der Waals surface area contributed by atoms with E-state index in [0.29, 0.717) is 31.4 Å². The highest BCUT2D eigenvalue weighted by Gasteiger charge is 2.31. The van der Waals surface area contributed by atoms with E-state index in [4.69, 9.17) is 9.72 Å². The highest BCUT2D eigenvalue weighted by Crippen LogP contribution is 2.39. The van der Waals surface area contributed by atoms with Gasteiger partial charge in [0.15, 0.2) is 0 Å². The van der Waals surface area contributed by atoms with E-state index in [0.717, 1.165) is 47.7 Å². The van der Waals surface area contributed by atoms with Gasteiger partial charge in [-0.05, 0) is 44.2 Å². The Labute approximate surface area is 188 Å². The van der Waals surface area contributed by atoms with Crippen LogP contribution in [-0.4, -0.2) is 44.1 Å². The number of amides is 1. The van der Waals surface area contributed by atoms with E-state index >= 15 is 0 Å². The monoisotopic (exact) mass is 431 g/mol. The van der Waals surface area contributed by atoms with Gasteiger partial charge in [-0.2, -0.15) is 5.10 Å². The Hall–Kier alpha value is -3.06. The minimum atomic E-state index is 0.00510. The third-order valence-corrected chi connectivity index (χ3v) is 6.32. The second-order valence-corrected chi connectivity index (χ2v) is 8.88. The lowest BCUT2D eigenvalue weighted by atomic mass is 9.92. The van der Waals surface area contributed by atoms with Crippen LogP contribution in [0.15, 0.2) is 42.6 Å². The number of piperidine rings is 1. The van der Waals surface area contributed by atoms with Gasteiger partial charge in [0.25, 0.3) is 5.91 Å². The number of rotatable bonds is 7. The van der Waals surface area contributed by atoms with Gasteiger partial charge in [-0.25, -0.2) is 9.97 Å². The molecule has 0 spiro atoms. The number of hydrogen-bond donors (Lipinski definition) is 1. The molecule has 1 N–H and O–H groups in total. The molecule has 1 unspecified atom stereocenters. The van der Waals surface area contributed by atoms with Crippen LogP contribution in [0, 0.1) is 6.92 Å². The van der Waals surface area contributed by atoms with E-state index in [-0.39, 0.29) is 11.8 Å². The van der Waals surface area contributed by atoms with Crippen molar-refractivity contribution < 1.29 is 9.53 Å². The van der Waals surface area contributed by atoms with Crippen LogP contribution < -0.4 is 0 Å². The highest BCUT2D eigenvalue weighted by molar-refractivity contribution is 5.92. The number of nitrogens with one attached hydrogen (secondary N) is 1. The Balaban J connectivity index is 1.27. The third kappa shape index (κ3) is 4.72. The largest absolute Gasteiger partial charge is 0.372 e. The molecule has 7 nitrogen and oxygen atoms in total. The van der Waals surface area contributed by atoms with Gasteiger partial charge in [0, 0.05) is 42.4 Å². The number of nitrogens with zero attached hydrogens (tertiary/aromatic N) is 4. The lowest BCUT2D eigenvalue weighted by Crippen LogP contribution is -2.39. The highest BCUT2D eigenvalue weighted by atomic mass is 16.5. The molecule has 166 valence electrons. The average Bonchev–Trinajstić information content (AvgIpc) is 3.57. The zero-order valence-electron chi connectivity index (χ0n) is 18.5. The van der Waals surface area contributed by atoms with Crippen LogP contribution in [-0.2, 0) is 18.0 Å². The van der Waals surface area contributed by atoms with Gasteiger partial charge in [0.2, 0.25) is 0 Å². The van der Waals surface area contributed by atoms with Crippen LogP contribution >= 0.6 is 0 Å². The average molecular weight is 432 g/mol. The minimum absolute atomic E-state index is 0.00510. The van der Waals surface area contributed by atoms with Gasteiger partial charge in [0.05, 0.1) is 18.9 Å². The minimum Gasteiger partial charge on any atom is -0.372 e. The number of aromatic amines is 1. The zero-order valence-corrected chi connectivity index (χ0v) is 18.5. The smallest absolute Gasteiger partial charge is 0.274 e. The summed E-state index contributed by atoms with van der Waals surface area (Å²) in [5.41, 5.74) is 4.76. The number of ether oxygens (including phenoxy) is 1. The van der Waals surface area contributed by atoms with E-state index in [9.17, 15) is 4.79 Å². The summed E-state index contributed by atoms with van der Waals surface area (Å²) in [7, 11) is 0. The Kier molecular flexibility index (Phi) is 5.99. The molecule has 1 saturated carbocycles. The second kappa shape index (κ2) is 9.20. The van der Waals surface area contributed by atoms with Crippen molar-refractivity contribution >= 4 is 5.91 Å². The maximum absolute atomic E-state index is 13.1. The Morgan fingerprint density at radius 2 is 2.00 bits per heavy atom. The third-order valence-electron chi connectivity index (χ3n) is 6.32. The summed E-state index contributed by atoms with van der Waals surface area (Å²) in [5, 5.41) is 7.34. The second-order valence-electron chi connectivity index (χ2n) is 8.88. The first-order valence-corrected chi connectivity index (χ1v) is 11.5. The summed E-state index contributed by atoms with van der Waals surface area (Å²) < 4.78 is 5.98. The lowest BCUT2D eigenvalue weighted by Gasteiger charge is -2.33. The molecule has 5 rings (SSSR count). The topological polar surface area (TPSA) is 84.0 Å². The molecular formula is C25H29N5O2. The first-order valence-electron chi connectivity index (χ1n) is 11.5. The first kappa shape index (κ1) is 20.8. The molecular weight excluding hydrogens is 402 g/mol. The van der Waals surface area contributed by atoms with Gasteiger partial charge in [-0.3, -0.25) is 9.89 Å². The van der Waals surface area contributed by atoms with Gasteiger partial charge in [-0.15, -0.1) is 0 Å². The van der Waals surface area contributed by atoms with Crippen molar-refractivity contribution in [1.82, 2.24) is 25.1 Å². The SMILES string of the molecule is Cc1ncc(COCc2ccccc2)c(C2CCCN(C(=O)c3cc(C4CC4)[nH]n3)C2)n1. The molecule has 32 heavy (non-hydrogen) atoms. The molecule has 0 radical (unpaired) electrons. The van der Waals surface area contributed by atoms with Gasteiger partial charge >= 0.3 is 0 Å². The molecule has 2 fully saturated rings. The number of aromatic nitrogens is 4. The Morgan fingerprint density at radius 3 is 2.81 bits per heavy atom. The van der Waals surface area contributed by atoms with Crippen molar-refractivity contribution in [1.29, 1.82) is 0 Å². The lowest BCUT2D eigenvalue weighted by molar-refractivity contribution is 0.0697. The van der Waals surface area contributed by atoms with Crippen molar-refractivity contribution in [3.05, 3.63) is 76.6 Å². The molecule has 2 aliphatic rings. The van der Waals surface area contributed by atoms with Crippen LogP contribution in [0.2, 0.25) is 0 Å².